The number of halogens is 4. The van der Waals surface area contributed by atoms with Gasteiger partial charge < -0.3 is 20.6 Å². The van der Waals surface area contributed by atoms with Crippen LogP contribution in [0.3, 0.4) is 0 Å². The Morgan fingerprint density at radius 3 is 2.64 bits per heavy atom. The summed E-state index contributed by atoms with van der Waals surface area (Å²) in [5, 5.41) is 31.2. The summed E-state index contributed by atoms with van der Waals surface area (Å²) in [6.07, 6.45) is -6.80. The predicted molar refractivity (Wildman–Crippen MR) is 68.5 cm³/mol. The standard InChI is InChI=1S/C11H13ClF3N3O4/c1-4(19)7-8(20)11(21,22-18-7)17-9-6(12)2-5(3-16-9)10(13,14)15/h2-4,7-8,18-21H,1H3,(H,16,17)/t4-,7+,8-,11+/m0/s1. The van der Waals surface area contributed by atoms with Crippen molar-refractivity contribution in [3.05, 3.63) is 22.8 Å². The van der Waals surface area contributed by atoms with Gasteiger partial charge >= 0.3 is 6.18 Å². The van der Waals surface area contributed by atoms with Gasteiger partial charge in [-0.2, -0.15) is 18.7 Å². The number of pyridine rings is 1. The number of nitrogens with one attached hydrogen (secondary N) is 2. The van der Waals surface area contributed by atoms with Gasteiger partial charge in [0.05, 0.1) is 22.7 Å². The lowest BCUT2D eigenvalue weighted by Gasteiger charge is -2.27. The first-order chi connectivity index (χ1) is 10.0. The first-order valence-corrected chi connectivity index (χ1v) is 6.45. The summed E-state index contributed by atoms with van der Waals surface area (Å²) in [5.41, 5.74) is 1.14. The highest BCUT2D eigenvalue weighted by Crippen LogP contribution is 2.34. The molecule has 0 bridgehead atoms. The molecule has 0 saturated carbocycles. The van der Waals surface area contributed by atoms with Crippen LogP contribution in [-0.4, -0.2) is 44.5 Å². The largest absolute Gasteiger partial charge is 0.417 e. The van der Waals surface area contributed by atoms with E-state index in [4.69, 9.17) is 16.4 Å². The molecule has 4 atom stereocenters. The van der Waals surface area contributed by atoms with Gasteiger partial charge in [0.15, 0.2) is 0 Å². The molecule has 2 rings (SSSR count). The van der Waals surface area contributed by atoms with Crippen molar-refractivity contribution in [3.63, 3.8) is 0 Å². The van der Waals surface area contributed by atoms with Gasteiger partial charge in [-0.05, 0) is 13.0 Å². The fourth-order valence-corrected chi connectivity index (χ4v) is 2.06. The second-order valence-corrected chi connectivity index (χ2v) is 5.21. The van der Waals surface area contributed by atoms with Crippen molar-refractivity contribution in [2.45, 2.75) is 37.3 Å². The Kier molecular flexibility index (Phi) is 4.53. The molecule has 0 aliphatic carbocycles. The van der Waals surface area contributed by atoms with E-state index in [0.29, 0.717) is 12.3 Å². The average Bonchev–Trinajstić information content (AvgIpc) is 2.67. The van der Waals surface area contributed by atoms with Crippen molar-refractivity contribution in [3.8, 4) is 0 Å². The van der Waals surface area contributed by atoms with Gasteiger partial charge in [-0.3, -0.25) is 0 Å². The summed E-state index contributed by atoms with van der Waals surface area (Å²) in [5.74, 6) is -2.75. The molecule has 1 aromatic rings. The van der Waals surface area contributed by atoms with E-state index in [1.807, 2.05) is 0 Å². The van der Waals surface area contributed by atoms with Crippen LogP contribution < -0.4 is 10.8 Å². The van der Waals surface area contributed by atoms with Crippen LogP contribution in [0.5, 0.6) is 0 Å². The Bertz CT molecular complexity index is 560. The molecule has 0 unspecified atom stereocenters. The van der Waals surface area contributed by atoms with Crippen LogP contribution in [0.1, 0.15) is 12.5 Å². The molecule has 1 aliphatic heterocycles. The highest BCUT2D eigenvalue weighted by Gasteiger charge is 2.51. The van der Waals surface area contributed by atoms with Gasteiger partial charge in [0.25, 0.3) is 5.91 Å². The highest BCUT2D eigenvalue weighted by atomic mass is 35.5. The van der Waals surface area contributed by atoms with Gasteiger partial charge in [-0.15, -0.1) is 0 Å². The first kappa shape index (κ1) is 17.2. The maximum atomic E-state index is 12.5. The Morgan fingerprint density at radius 2 is 2.18 bits per heavy atom. The number of aromatic nitrogens is 1. The van der Waals surface area contributed by atoms with E-state index in [2.05, 4.69) is 15.8 Å². The molecule has 1 fully saturated rings. The van der Waals surface area contributed by atoms with Crippen molar-refractivity contribution in [2.24, 2.45) is 0 Å². The zero-order valence-electron chi connectivity index (χ0n) is 11.1. The number of alkyl halides is 3. The minimum Gasteiger partial charge on any atom is -0.392 e. The number of hydroxylamine groups is 1. The van der Waals surface area contributed by atoms with E-state index in [1.54, 1.807) is 0 Å². The van der Waals surface area contributed by atoms with Crippen LogP contribution in [-0.2, 0) is 11.0 Å². The van der Waals surface area contributed by atoms with Crippen LogP contribution >= 0.6 is 11.6 Å². The molecule has 0 aromatic carbocycles. The lowest BCUT2D eigenvalue weighted by atomic mass is 10.1. The zero-order chi connectivity index (χ0) is 16.7. The van der Waals surface area contributed by atoms with E-state index in [1.165, 1.54) is 6.92 Å². The third-order valence-corrected chi connectivity index (χ3v) is 3.37. The number of hydrogen-bond acceptors (Lipinski definition) is 7. The number of nitrogens with zero attached hydrogens (tertiary/aromatic N) is 1. The second kappa shape index (κ2) is 5.80. The maximum Gasteiger partial charge on any atom is 0.417 e. The number of aliphatic hydroxyl groups is 3. The molecule has 1 saturated heterocycles. The zero-order valence-corrected chi connectivity index (χ0v) is 11.9. The summed E-state index contributed by atoms with van der Waals surface area (Å²) in [6.45, 7) is 1.35. The Hall–Kier alpha value is -1.17. The smallest absolute Gasteiger partial charge is 0.392 e. The Balaban J connectivity index is 2.21. The summed E-state index contributed by atoms with van der Waals surface area (Å²) in [7, 11) is 0. The number of aliphatic hydroxyl groups excluding tert-OH is 2. The molecular weight excluding hydrogens is 331 g/mol. The molecule has 22 heavy (non-hydrogen) atoms. The number of hydrogen-bond donors (Lipinski definition) is 5. The van der Waals surface area contributed by atoms with Gasteiger partial charge in [0.1, 0.15) is 11.9 Å². The molecule has 7 nitrogen and oxygen atoms in total. The normalized spacial score (nSPS) is 30.4. The molecular formula is C11H13ClF3N3O4. The molecule has 1 aromatic heterocycles. The molecule has 2 heterocycles. The van der Waals surface area contributed by atoms with Crippen molar-refractivity contribution in [1.82, 2.24) is 10.5 Å². The monoisotopic (exact) mass is 343 g/mol. The van der Waals surface area contributed by atoms with E-state index in [-0.39, 0.29) is 5.82 Å². The van der Waals surface area contributed by atoms with Crippen molar-refractivity contribution >= 4 is 17.4 Å². The Morgan fingerprint density at radius 1 is 1.55 bits per heavy atom. The molecule has 0 amide bonds. The summed E-state index contributed by atoms with van der Waals surface area (Å²) >= 11 is 5.68. The SMILES string of the molecule is C[C@H](O)[C@H]1NO[C@@](O)(Nc2ncc(C(F)(F)F)cc2Cl)[C@H]1O. The molecule has 0 radical (unpaired) electrons. The van der Waals surface area contributed by atoms with Crippen LogP contribution in [0.25, 0.3) is 0 Å². The molecule has 0 spiro atoms. The van der Waals surface area contributed by atoms with Gasteiger partial charge in [0, 0.05) is 6.20 Å². The summed E-state index contributed by atoms with van der Waals surface area (Å²) < 4.78 is 37.5. The van der Waals surface area contributed by atoms with Gasteiger partial charge in [-0.1, -0.05) is 11.6 Å². The van der Waals surface area contributed by atoms with Crippen molar-refractivity contribution in [1.29, 1.82) is 0 Å². The van der Waals surface area contributed by atoms with Crippen LogP contribution in [0.4, 0.5) is 19.0 Å². The summed E-state index contributed by atoms with van der Waals surface area (Å²) in [6, 6.07) is -0.410. The predicted octanol–water partition coefficient (Wildman–Crippen LogP) is 0.457. The minimum atomic E-state index is -4.62. The van der Waals surface area contributed by atoms with Gasteiger partial charge in [0.2, 0.25) is 0 Å². The minimum absolute atomic E-state index is 0.329. The fraction of sp³-hybridized carbons (Fsp3) is 0.545. The second-order valence-electron chi connectivity index (χ2n) is 4.80. The molecule has 11 heteroatoms. The lowest BCUT2D eigenvalue weighted by molar-refractivity contribution is -0.213. The molecule has 5 N–H and O–H groups in total. The topological polar surface area (TPSA) is 107 Å². The number of anilines is 1. The quantitative estimate of drug-likeness (QED) is 0.507. The van der Waals surface area contributed by atoms with Crippen LogP contribution in [0.2, 0.25) is 5.02 Å². The maximum absolute atomic E-state index is 12.5. The Labute approximate surface area is 127 Å². The molecule has 1 aliphatic rings. The van der Waals surface area contributed by atoms with E-state index < -0.39 is 40.9 Å². The van der Waals surface area contributed by atoms with E-state index >= 15 is 0 Å². The van der Waals surface area contributed by atoms with Crippen LogP contribution in [0.15, 0.2) is 12.3 Å². The van der Waals surface area contributed by atoms with Crippen molar-refractivity contribution < 1.29 is 33.3 Å². The average molecular weight is 344 g/mol. The lowest BCUT2D eigenvalue weighted by Crippen LogP contribution is -2.51. The van der Waals surface area contributed by atoms with E-state index in [0.717, 1.165) is 0 Å². The summed E-state index contributed by atoms with van der Waals surface area (Å²) in [4.78, 5) is 8.20. The first-order valence-electron chi connectivity index (χ1n) is 6.07. The van der Waals surface area contributed by atoms with Crippen molar-refractivity contribution in [2.75, 3.05) is 5.32 Å². The number of rotatable bonds is 3. The highest BCUT2D eigenvalue weighted by molar-refractivity contribution is 6.33. The third-order valence-electron chi connectivity index (χ3n) is 3.08. The molecule has 124 valence electrons. The third kappa shape index (κ3) is 3.26. The van der Waals surface area contributed by atoms with Gasteiger partial charge in [-0.25, -0.2) is 9.82 Å². The fourth-order valence-electron chi connectivity index (χ4n) is 1.84. The van der Waals surface area contributed by atoms with Crippen LogP contribution in [0, 0.1) is 0 Å². The van der Waals surface area contributed by atoms with E-state index in [9.17, 15) is 28.5 Å².